The molecule has 2 aromatic rings. The van der Waals surface area contributed by atoms with E-state index in [4.69, 9.17) is 5.84 Å². The van der Waals surface area contributed by atoms with E-state index >= 15 is 0 Å². The molecule has 0 amide bonds. The minimum atomic E-state index is -0.537. The molecule has 0 aliphatic carbocycles. The monoisotopic (exact) mass is 366 g/mol. The van der Waals surface area contributed by atoms with Crippen molar-refractivity contribution < 1.29 is 8.78 Å². The number of benzene rings is 1. The van der Waals surface area contributed by atoms with E-state index in [1.165, 1.54) is 11.3 Å². The van der Waals surface area contributed by atoms with E-state index < -0.39 is 17.7 Å². The number of hydrogen-bond donors (Lipinski definition) is 2. The van der Waals surface area contributed by atoms with Crippen LogP contribution in [0.15, 0.2) is 29.6 Å². The summed E-state index contributed by atoms with van der Waals surface area (Å²) in [6.07, 6.45) is 0. The van der Waals surface area contributed by atoms with E-state index in [2.05, 4.69) is 28.0 Å². The number of hydrazine groups is 1. The normalized spacial score (nSPS) is 12.7. The lowest BCUT2D eigenvalue weighted by molar-refractivity contribution is 0.546. The van der Waals surface area contributed by atoms with Gasteiger partial charge in [-0.2, -0.15) is 0 Å². The van der Waals surface area contributed by atoms with Crippen LogP contribution in [0.4, 0.5) is 8.78 Å². The van der Waals surface area contributed by atoms with E-state index in [0.717, 1.165) is 26.6 Å². The molecular weight excluding hydrogens is 357 g/mol. The Morgan fingerprint density at radius 2 is 2.06 bits per heavy atom. The van der Waals surface area contributed by atoms with Gasteiger partial charge < -0.3 is 0 Å². The Bertz CT molecular complexity index is 530. The Labute approximate surface area is 115 Å². The zero-order chi connectivity index (χ0) is 12.4. The molecule has 2 nitrogen and oxygen atoms in total. The molecular formula is C11H9F2IN2S. The van der Waals surface area contributed by atoms with Crippen LogP contribution < -0.4 is 11.3 Å². The van der Waals surface area contributed by atoms with Crippen LogP contribution >= 0.6 is 33.9 Å². The second-order valence-corrected chi connectivity index (χ2v) is 6.26. The van der Waals surface area contributed by atoms with E-state index in [1.54, 1.807) is 0 Å². The van der Waals surface area contributed by atoms with E-state index in [-0.39, 0.29) is 5.56 Å². The molecule has 2 rings (SSSR count). The smallest absolute Gasteiger partial charge is 0.128 e. The lowest BCUT2D eigenvalue weighted by Gasteiger charge is -2.15. The fraction of sp³-hybridized carbons (Fsp3) is 0.0909. The average Bonchev–Trinajstić information content (AvgIpc) is 2.71. The zero-order valence-electron chi connectivity index (χ0n) is 8.58. The van der Waals surface area contributed by atoms with Crippen LogP contribution in [0.25, 0.3) is 0 Å². The van der Waals surface area contributed by atoms with Gasteiger partial charge in [0.05, 0.1) is 8.93 Å². The van der Waals surface area contributed by atoms with Crippen molar-refractivity contribution in [3.63, 3.8) is 0 Å². The quantitative estimate of drug-likeness (QED) is 0.498. The highest BCUT2D eigenvalue weighted by molar-refractivity contribution is 14.1. The third-order valence-electron chi connectivity index (χ3n) is 2.36. The van der Waals surface area contributed by atoms with Gasteiger partial charge in [0.2, 0.25) is 0 Å². The highest BCUT2D eigenvalue weighted by atomic mass is 127. The van der Waals surface area contributed by atoms with Crippen LogP contribution in [0.2, 0.25) is 0 Å². The Kier molecular flexibility index (Phi) is 4.08. The Morgan fingerprint density at radius 1 is 1.29 bits per heavy atom. The molecule has 1 aromatic carbocycles. The minimum absolute atomic E-state index is 0.210. The van der Waals surface area contributed by atoms with Crippen molar-refractivity contribution in [2.75, 3.05) is 0 Å². The predicted molar refractivity (Wildman–Crippen MR) is 72.6 cm³/mol. The molecule has 1 atom stereocenters. The van der Waals surface area contributed by atoms with E-state index in [1.807, 2.05) is 11.4 Å². The number of rotatable bonds is 3. The van der Waals surface area contributed by atoms with Crippen molar-refractivity contribution in [1.29, 1.82) is 0 Å². The second kappa shape index (κ2) is 5.38. The Morgan fingerprint density at radius 3 is 2.65 bits per heavy atom. The molecule has 0 aliphatic rings. The SMILES string of the molecule is NNC(c1csc(I)c1)c1cc(F)ccc1F. The Hall–Kier alpha value is -0.570. The summed E-state index contributed by atoms with van der Waals surface area (Å²) in [6, 6.07) is 4.70. The first-order valence-corrected chi connectivity index (χ1v) is 6.72. The largest absolute Gasteiger partial charge is 0.271 e. The van der Waals surface area contributed by atoms with Crippen molar-refractivity contribution in [2.45, 2.75) is 6.04 Å². The fourth-order valence-corrected chi connectivity index (χ4v) is 2.97. The first-order valence-electron chi connectivity index (χ1n) is 4.77. The van der Waals surface area contributed by atoms with E-state index in [9.17, 15) is 8.78 Å². The maximum absolute atomic E-state index is 13.6. The molecule has 1 aromatic heterocycles. The minimum Gasteiger partial charge on any atom is -0.271 e. The first kappa shape index (κ1) is 12.9. The van der Waals surface area contributed by atoms with Gasteiger partial charge in [-0.1, -0.05) is 0 Å². The summed E-state index contributed by atoms with van der Waals surface area (Å²) in [4.78, 5) is 0. The maximum Gasteiger partial charge on any atom is 0.128 e. The lowest BCUT2D eigenvalue weighted by Crippen LogP contribution is -2.29. The van der Waals surface area contributed by atoms with Gasteiger partial charge in [0, 0.05) is 5.56 Å². The molecule has 3 N–H and O–H groups in total. The number of hydrogen-bond acceptors (Lipinski definition) is 3. The zero-order valence-corrected chi connectivity index (χ0v) is 11.6. The summed E-state index contributed by atoms with van der Waals surface area (Å²) < 4.78 is 27.8. The number of thiophene rings is 1. The van der Waals surface area contributed by atoms with Crippen LogP contribution in [0, 0.1) is 14.5 Å². The molecule has 1 unspecified atom stereocenters. The molecule has 0 aliphatic heterocycles. The van der Waals surface area contributed by atoms with Gasteiger partial charge in [-0.25, -0.2) is 14.2 Å². The van der Waals surface area contributed by atoms with Crippen molar-refractivity contribution in [3.05, 3.63) is 55.3 Å². The molecule has 1 heterocycles. The molecule has 17 heavy (non-hydrogen) atoms. The van der Waals surface area contributed by atoms with Crippen LogP contribution in [0.5, 0.6) is 0 Å². The van der Waals surface area contributed by atoms with Crippen molar-refractivity contribution >= 4 is 33.9 Å². The summed E-state index contributed by atoms with van der Waals surface area (Å²) in [5.41, 5.74) is 3.55. The summed E-state index contributed by atoms with van der Waals surface area (Å²) in [5.74, 6) is 4.47. The highest BCUT2D eigenvalue weighted by Gasteiger charge is 2.18. The van der Waals surface area contributed by atoms with Crippen molar-refractivity contribution in [1.82, 2.24) is 5.43 Å². The average molecular weight is 366 g/mol. The summed E-state index contributed by atoms with van der Waals surface area (Å²) in [6.45, 7) is 0. The van der Waals surface area contributed by atoms with Gasteiger partial charge in [0.1, 0.15) is 11.6 Å². The molecule has 6 heteroatoms. The van der Waals surface area contributed by atoms with Gasteiger partial charge in [-0.05, 0) is 57.8 Å². The maximum atomic E-state index is 13.6. The number of nitrogens with one attached hydrogen (secondary N) is 1. The second-order valence-electron chi connectivity index (χ2n) is 3.45. The molecule has 0 spiro atoms. The molecule has 0 bridgehead atoms. The van der Waals surface area contributed by atoms with Crippen LogP contribution in [-0.4, -0.2) is 0 Å². The topological polar surface area (TPSA) is 38.0 Å². The molecule has 0 fully saturated rings. The molecule has 0 radical (unpaired) electrons. The third kappa shape index (κ3) is 2.82. The van der Waals surface area contributed by atoms with Crippen molar-refractivity contribution in [3.8, 4) is 0 Å². The van der Waals surface area contributed by atoms with Crippen LogP contribution in [0.3, 0.4) is 0 Å². The first-order chi connectivity index (χ1) is 8.11. The summed E-state index contributed by atoms with van der Waals surface area (Å²) >= 11 is 3.69. The molecule has 0 saturated heterocycles. The van der Waals surface area contributed by atoms with Gasteiger partial charge >= 0.3 is 0 Å². The lowest BCUT2D eigenvalue weighted by atomic mass is 10.0. The van der Waals surface area contributed by atoms with Crippen LogP contribution in [-0.2, 0) is 0 Å². The van der Waals surface area contributed by atoms with Gasteiger partial charge in [0.25, 0.3) is 0 Å². The molecule has 90 valence electrons. The highest BCUT2D eigenvalue weighted by Crippen LogP contribution is 2.28. The standard InChI is InChI=1S/C11H9F2IN2S/c12-7-1-2-9(13)8(4-7)11(16-15)6-3-10(14)17-5-6/h1-5,11,16H,15H2. The molecule has 0 saturated carbocycles. The van der Waals surface area contributed by atoms with Crippen molar-refractivity contribution in [2.24, 2.45) is 5.84 Å². The third-order valence-corrected chi connectivity index (χ3v) is 4.16. The Balaban J connectivity index is 2.45. The van der Waals surface area contributed by atoms with Gasteiger partial charge in [-0.3, -0.25) is 5.84 Å². The van der Waals surface area contributed by atoms with Crippen LogP contribution in [0.1, 0.15) is 17.2 Å². The summed E-state index contributed by atoms with van der Waals surface area (Å²) in [7, 11) is 0. The number of halogens is 3. The predicted octanol–water partition coefficient (Wildman–Crippen LogP) is 3.18. The number of nitrogens with two attached hydrogens (primary N) is 1. The van der Waals surface area contributed by atoms with Gasteiger partial charge in [0.15, 0.2) is 0 Å². The van der Waals surface area contributed by atoms with E-state index in [0.29, 0.717) is 0 Å². The fourth-order valence-electron chi connectivity index (χ4n) is 1.58. The summed E-state index contributed by atoms with van der Waals surface area (Å²) in [5, 5.41) is 1.87. The van der Waals surface area contributed by atoms with Gasteiger partial charge in [-0.15, -0.1) is 11.3 Å².